The molecule has 4 nitrogen and oxygen atoms in total. The van der Waals surface area contributed by atoms with Crippen LogP contribution in [0.1, 0.15) is 12.8 Å². The van der Waals surface area contributed by atoms with E-state index in [1.54, 1.807) is 0 Å². The molecule has 1 saturated heterocycles. The Morgan fingerprint density at radius 3 is 2.56 bits per heavy atom. The van der Waals surface area contributed by atoms with Gasteiger partial charge in [-0.1, -0.05) is 15.9 Å². The number of sulfonamides is 1. The van der Waals surface area contributed by atoms with E-state index in [1.165, 1.54) is 16.4 Å². The van der Waals surface area contributed by atoms with Gasteiger partial charge in [0.1, 0.15) is 10.7 Å². The molecule has 1 heterocycles. The lowest BCUT2D eigenvalue weighted by molar-refractivity contribution is 0.113. The maximum Gasteiger partial charge on any atom is 0.246 e. The number of halogens is 2. The second-order valence-corrected chi connectivity index (χ2v) is 7.03. The molecule has 18 heavy (non-hydrogen) atoms. The molecule has 1 aromatic rings. The summed E-state index contributed by atoms with van der Waals surface area (Å²) in [6.45, 7) is 0.435. The predicted molar refractivity (Wildman–Crippen MR) is 68.1 cm³/mol. The van der Waals surface area contributed by atoms with Crippen LogP contribution in [0.3, 0.4) is 0 Å². The van der Waals surface area contributed by atoms with Crippen LogP contribution in [0.25, 0.3) is 0 Å². The molecule has 0 aliphatic carbocycles. The molecule has 0 bridgehead atoms. The zero-order valence-electron chi connectivity index (χ0n) is 9.51. The van der Waals surface area contributed by atoms with Gasteiger partial charge < -0.3 is 5.11 Å². The highest BCUT2D eigenvalue weighted by molar-refractivity contribution is 9.10. The average Bonchev–Trinajstić information content (AvgIpc) is 2.32. The van der Waals surface area contributed by atoms with Crippen molar-refractivity contribution in [1.29, 1.82) is 0 Å². The number of hydrogen-bond acceptors (Lipinski definition) is 3. The van der Waals surface area contributed by atoms with Crippen LogP contribution in [-0.4, -0.2) is 37.0 Å². The molecule has 0 saturated carbocycles. The van der Waals surface area contributed by atoms with Crippen molar-refractivity contribution in [3.8, 4) is 0 Å². The lowest BCUT2D eigenvalue weighted by atomic mass is 10.1. The van der Waals surface area contributed by atoms with Gasteiger partial charge in [-0.25, -0.2) is 12.8 Å². The fourth-order valence-corrected chi connectivity index (χ4v) is 3.97. The molecule has 100 valence electrons. The summed E-state index contributed by atoms with van der Waals surface area (Å²) in [4.78, 5) is -0.326. The van der Waals surface area contributed by atoms with E-state index in [4.69, 9.17) is 0 Å². The Morgan fingerprint density at radius 2 is 1.94 bits per heavy atom. The Hall–Kier alpha value is -0.500. The van der Waals surface area contributed by atoms with Crippen molar-refractivity contribution in [2.75, 3.05) is 13.1 Å². The number of benzene rings is 1. The summed E-state index contributed by atoms with van der Waals surface area (Å²) in [6.07, 6.45) is 0.299. The van der Waals surface area contributed by atoms with Crippen LogP contribution in [-0.2, 0) is 10.0 Å². The van der Waals surface area contributed by atoms with Crippen LogP contribution >= 0.6 is 15.9 Å². The van der Waals surface area contributed by atoms with Gasteiger partial charge in [-0.2, -0.15) is 4.31 Å². The topological polar surface area (TPSA) is 57.6 Å². The van der Waals surface area contributed by atoms with Crippen LogP contribution in [0.4, 0.5) is 4.39 Å². The zero-order chi connectivity index (χ0) is 13.3. The van der Waals surface area contributed by atoms with Gasteiger partial charge in [-0.15, -0.1) is 0 Å². The molecule has 2 rings (SSSR count). The van der Waals surface area contributed by atoms with Gasteiger partial charge in [-0.3, -0.25) is 0 Å². The lowest BCUT2D eigenvalue weighted by Crippen LogP contribution is -2.40. The smallest absolute Gasteiger partial charge is 0.246 e. The minimum absolute atomic E-state index is 0.218. The van der Waals surface area contributed by atoms with Crippen LogP contribution in [0.2, 0.25) is 0 Å². The van der Waals surface area contributed by atoms with Gasteiger partial charge in [0, 0.05) is 17.6 Å². The summed E-state index contributed by atoms with van der Waals surface area (Å²) in [7, 11) is -3.82. The fourth-order valence-electron chi connectivity index (χ4n) is 1.90. The third kappa shape index (κ3) is 2.74. The van der Waals surface area contributed by atoms with E-state index in [-0.39, 0.29) is 18.0 Å². The molecule has 0 amide bonds. The van der Waals surface area contributed by atoms with E-state index < -0.39 is 21.9 Å². The van der Waals surface area contributed by atoms with Crippen molar-refractivity contribution in [3.63, 3.8) is 0 Å². The predicted octanol–water partition coefficient (Wildman–Crippen LogP) is 1.73. The first-order chi connectivity index (χ1) is 8.41. The number of aliphatic hydroxyl groups excluding tert-OH is 1. The number of piperidine rings is 1. The monoisotopic (exact) mass is 337 g/mol. The highest BCUT2D eigenvalue weighted by Gasteiger charge is 2.30. The molecular weight excluding hydrogens is 325 g/mol. The molecule has 1 N–H and O–H groups in total. The van der Waals surface area contributed by atoms with Gasteiger partial charge in [0.15, 0.2) is 0 Å². The molecule has 0 unspecified atom stereocenters. The van der Waals surface area contributed by atoms with Crippen molar-refractivity contribution in [2.24, 2.45) is 0 Å². The summed E-state index contributed by atoms with van der Waals surface area (Å²) in [5.41, 5.74) is 0. The second-order valence-electron chi connectivity index (χ2n) is 4.21. The summed E-state index contributed by atoms with van der Waals surface area (Å²) < 4.78 is 39.8. The van der Waals surface area contributed by atoms with E-state index in [9.17, 15) is 17.9 Å². The van der Waals surface area contributed by atoms with E-state index >= 15 is 0 Å². The first-order valence-electron chi connectivity index (χ1n) is 5.54. The van der Waals surface area contributed by atoms with Crippen molar-refractivity contribution in [3.05, 3.63) is 28.5 Å². The SMILES string of the molecule is O=S(=O)(c1cc(Br)ccc1F)N1CCC(O)CC1. The standard InChI is InChI=1S/C11H13BrFNO3S/c12-8-1-2-10(13)11(7-8)18(16,17)14-5-3-9(15)4-6-14/h1-2,7,9,15H,3-6H2. The molecular formula is C11H13BrFNO3S. The van der Waals surface area contributed by atoms with Gasteiger partial charge >= 0.3 is 0 Å². The quantitative estimate of drug-likeness (QED) is 0.894. The molecule has 7 heteroatoms. The van der Waals surface area contributed by atoms with Gasteiger partial charge in [0.2, 0.25) is 10.0 Å². The molecule has 0 aromatic heterocycles. The van der Waals surface area contributed by atoms with Crippen molar-refractivity contribution < 1.29 is 17.9 Å². The summed E-state index contributed by atoms with van der Waals surface area (Å²) >= 11 is 3.13. The Kier molecular flexibility index (Phi) is 4.05. The highest BCUT2D eigenvalue weighted by atomic mass is 79.9. The Morgan fingerprint density at radius 1 is 1.33 bits per heavy atom. The molecule has 1 aromatic carbocycles. The van der Waals surface area contributed by atoms with Gasteiger partial charge in [0.05, 0.1) is 6.10 Å². The molecule has 0 atom stereocenters. The Bertz CT molecular complexity index is 541. The van der Waals surface area contributed by atoms with Gasteiger partial charge in [-0.05, 0) is 31.0 Å². The third-order valence-electron chi connectivity index (χ3n) is 2.93. The maximum atomic E-state index is 13.6. The van der Waals surface area contributed by atoms with E-state index in [2.05, 4.69) is 15.9 Å². The largest absolute Gasteiger partial charge is 0.393 e. The Balaban J connectivity index is 2.33. The summed E-state index contributed by atoms with van der Waals surface area (Å²) in [6, 6.07) is 3.83. The van der Waals surface area contributed by atoms with Crippen LogP contribution in [0.5, 0.6) is 0 Å². The van der Waals surface area contributed by atoms with E-state index in [1.807, 2.05) is 0 Å². The normalized spacial score (nSPS) is 19.1. The van der Waals surface area contributed by atoms with E-state index in [0.717, 1.165) is 6.07 Å². The van der Waals surface area contributed by atoms with Crippen LogP contribution in [0.15, 0.2) is 27.6 Å². The Labute approximate surface area is 114 Å². The number of rotatable bonds is 2. The van der Waals surface area contributed by atoms with Crippen molar-refractivity contribution in [1.82, 2.24) is 4.31 Å². The van der Waals surface area contributed by atoms with E-state index in [0.29, 0.717) is 17.3 Å². The average molecular weight is 338 g/mol. The number of hydrogen-bond donors (Lipinski definition) is 1. The zero-order valence-corrected chi connectivity index (χ0v) is 11.9. The maximum absolute atomic E-state index is 13.6. The summed E-state index contributed by atoms with van der Waals surface area (Å²) in [5, 5.41) is 9.36. The van der Waals surface area contributed by atoms with Gasteiger partial charge in [0.25, 0.3) is 0 Å². The van der Waals surface area contributed by atoms with Crippen molar-refractivity contribution >= 4 is 26.0 Å². The van der Waals surface area contributed by atoms with Crippen molar-refractivity contribution in [2.45, 2.75) is 23.8 Å². The first kappa shape index (κ1) is 13.9. The fraction of sp³-hybridized carbons (Fsp3) is 0.455. The second kappa shape index (κ2) is 5.24. The first-order valence-corrected chi connectivity index (χ1v) is 7.78. The molecule has 1 aliphatic heterocycles. The molecule has 0 spiro atoms. The minimum atomic E-state index is -3.82. The minimum Gasteiger partial charge on any atom is -0.393 e. The molecule has 1 fully saturated rings. The van der Waals surface area contributed by atoms with Crippen LogP contribution in [0, 0.1) is 5.82 Å². The van der Waals surface area contributed by atoms with Crippen LogP contribution < -0.4 is 0 Å². The molecule has 1 aliphatic rings. The summed E-state index contributed by atoms with van der Waals surface area (Å²) in [5.74, 6) is -0.760. The molecule has 0 radical (unpaired) electrons. The number of aliphatic hydroxyl groups is 1. The highest BCUT2D eigenvalue weighted by Crippen LogP contribution is 2.25. The number of nitrogens with zero attached hydrogens (tertiary/aromatic N) is 1. The third-order valence-corrected chi connectivity index (χ3v) is 5.34. The lowest BCUT2D eigenvalue weighted by Gasteiger charge is -2.28.